The fourth-order valence-corrected chi connectivity index (χ4v) is 3.38. The quantitative estimate of drug-likeness (QED) is 0.923. The second-order valence-corrected chi connectivity index (χ2v) is 5.92. The first-order chi connectivity index (χ1) is 9.86. The highest BCUT2D eigenvalue weighted by atomic mass is 15.1. The van der Waals surface area contributed by atoms with Crippen molar-refractivity contribution in [3.05, 3.63) is 48.0 Å². The van der Waals surface area contributed by atoms with E-state index in [2.05, 4.69) is 47.4 Å². The lowest BCUT2D eigenvalue weighted by Gasteiger charge is -2.31. The van der Waals surface area contributed by atoms with Crippen LogP contribution in [-0.4, -0.2) is 31.1 Å². The smallest absolute Gasteiger partial charge is 0.0105 e. The Bertz CT molecular complexity index is 551. The second kappa shape index (κ2) is 6.38. The van der Waals surface area contributed by atoms with Gasteiger partial charge in [0, 0.05) is 13.1 Å². The number of hydrogen-bond acceptors (Lipinski definition) is 2. The Labute approximate surface area is 121 Å². The molecule has 1 fully saturated rings. The van der Waals surface area contributed by atoms with Crippen LogP contribution >= 0.6 is 0 Å². The predicted octanol–water partition coefficient (Wildman–Crippen LogP) is 3.05. The molecule has 0 bridgehead atoms. The third kappa shape index (κ3) is 3.02. The Morgan fingerprint density at radius 2 is 1.75 bits per heavy atom. The number of nitrogens with zero attached hydrogens (tertiary/aromatic N) is 1. The Morgan fingerprint density at radius 3 is 2.55 bits per heavy atom. The van der Waals surface area contributed by atoms with Gasteiger partial charge in [0.2, 0.25) is 0 Å². The number of hydrogen-bond donors (Lipinski definition) is 1. The van der Waals surface area contributed by atoms with Crippen LogP contribution in [-0.2, 0) is 6.42 Å². The molecule has 0 amide bonds. The first-order valence-electron chi connectivity index (χ1n) is 7.76. The van der Waals surface area contributed by atoms with E-state index < -0.39 is 0 Å². The summed E-state index contributed by atoms with van der Waals surface area (Å²) in [6.07, 6.45) is 3.84. The van der Waals surface area contributed by atoms with Crippen molar-refractivity contribution in [2.75, 3.05) is 26.2 Å². The Morgan fingerprint density at radius 1 is 1.00 bits per heavy atom. The van der Waals surface area contributed by atoms with E-state index in [0.717, 1.165) is 19.0 Å². The highest BCUT2D eigenvalue weighted by Gasteiger charge is 2.19. The lowest BCUT2D eigenvalue weighted by Crippen LogP contribution is -2.37. The Balaban J connectivity index is 1.68. The first-order valence-corrected chi connectivity index (χ1v) is 7.76. The molecule has 106 valence electrons. The molecule has 2 aromatic rings. The lowest BCUT2D eigenvalue weighted by atomic mass is 9.88. The fraction of sp³-hybridized carbons (Fsp3) is 0.444. The largest absolute Gasteiger partial charge is 0.329 e. The minimum absolute atomic E-state index is 0.786. The Kier molecular flexibility index (Phi) is 4.34. The number of piperidine rings is 1. The highest BCUT2D eigenvalue weighted by molar-refractivity contribution is 5.85. The predicted molar refractivity (Wildman–Crippen MR) is 85.9 cm³/mol. The van der Waals surface area contributed by atoms with Crippen molar-refractivity contribution in [2.45, 2.75) is 19.3 Å². The summed E-state index contributed by atoms with van der Waals surface area (Å²) in [4.78, 5) is 2.50. The van der Waals surface area contributed by atoms with E-state index in [1.165, 1.54) is 48.7 Å². The molecular formula is C18H24N2. The number of likely N-dealkylation sites (tertiary alicyclic amines) is 1. The van der Waals surface area contributed by atoms with Crippen LogP contribution in [0.3, 0.4) is 0 Å². The van der Waals surface area contributed by atoms with Crippen LogP contribution in [0.4, 0.5) is 0 Å². The monoisotopic (exact) mass is 268 g/mol. The van der Waals surface area contributed by atoms with E-state index in [9.17, 15) is 0 Å². The maximum atomic E-state index is 5.64. The van der Waals surface area contributed by atoms with Gasteiger partial charge < -0.3 is 10.6 Å². The van der Waals surface area contributed by atoms with Crippen LogP contribution in [0.1, 0.15) is 18.4 Å². The summed E-state index contributed by atoms with van der Waals surface area (Å²) in [6.45, 7) is 4.27. The van der Waals surface area contributed by atoms with Crippen LogP contribution in [0, 0.1) is 5.92 Å². The summed E-state index contributed by atoms with van der Waals surface area (Å²) < 4.78 is 0. The van der Waals surface area contributed by atoms with E-state index >= 15 is 0 Å². The maximum absolute atomic E-state index is 5.64. The SMILES string of the molecule is NCCN1CCC(Cc2cccc3ccccc23)CC1. The van der Waals surface area contributed by atoms with Gasteiger partial charge in [0.1, 0.15) is 0 Å². The molecule has 1 aliphatic rings. The average molecular weight is 268 g/mol. The number of benzene rings is 2. The van der Waals surface area contributed by atoms with Crippen molar-refractivity contribution in [1.29, 1.82) is 0 Å². The van der Waals surface area contributed by atoms with E-state index in [4.69, 9.17) is 5.73 Å². The van der Waals surface area contributed by atoms with Crippen molar-refractivity contribution < 1.29 is 0 Å². The summed E-state index contributed by atoms with van der Waals surface area (Å²) in [7, 11) is 0. The zero-order valence-electron chi connectivity index (χ0n) is 12.1. The molecule has 2 N–H and O–H groups in total. The zero-order chi connectivity index (χ0) is 13.8. The molecular weight excluding hydrogens is 244 g/mol. The summed E-state index contributed by atoms with van der Waals surface area (Å²) >= 11 is 0. The molecule has 2 nitrogen and oxygen atoms in total. The van der Waals surface area contributed by atoms with Gasteiger partial charge in [0.15, 0.2) is 0 Å². The number of nitrogens with two attached hydrogens (primary N) is 1. The van der Waals surface area contributed by atoms with E-state index in [0.29, 0.717) is 0 Å². The van der Waals surface area contributed by atoms with Gasteiger partial charge in [0.25, 0.3) is 0 Å². The van der Waals surface area contributed by atoms with Gasteiger partial charge in [-0.2, -0.15) is 0 Å². The average Bonchev–Trinajstić information content (AvgIpc) is 2.50. The third-order valence-corrected chi connectivity index (χ3v) is 4.54. The van der Waals surface area contributed by atoms with Crippen LogP contribution in [0.5, 0.6) is 0 Å². The minimum Gasteiger partial charge on any atom is -0.329 e. The fourth-order valence-electron chi connectivity index (χ4n) is 3.38. The summed E-state index contributed by atoms with van der Waals surface area (Å²) in [5.74, 6) is 0.829. The van der Waals surface area contributed by atoms with Crippen LogP contribution in [0.2, 0.25) is 0 Å². The van der Waals surface area contributed by atoms with Crippen molar-refractivity contribution >= 4 is 10.8 Å². The lowest BCUT2D eigenvalue weighted by molar-refractivity contribution is 0.188. The number of rotatable bonds is 4. The first kappa shape index (κ1) is 13.6. The summed E-state index contributed by atoms with van der Waals surface area (Å²) in [6, 6.07) is 15.4. The van der Waals surface area contributed by atoms with Gasteiger partial charge >= 0.3 is 0 Å². The maximum Gasteiger partial charge on any atom is 0.0105 e. The molecule has 3 rings (SSSR count). The topological polar surface area (TPSA) is 29.3 Å². The molecule has 0 radical (unpaired) electrons. The van der Waals surface area contributed by atoms with Crippen molar-refractivity contribution in [2.24, 2.45) is 11.7 Å². The van der Waals surface area contributed by atoms with Gasteiger partial charge in [-0.05, 0) is 54.6 Å². The molecule has 0 atom stereocenters. The normalized spacial score (nSPS) is 17.6. The molecule has 0 aliphatic carbocycles. The highest BCUT2D eigenvalue weighted by Crippen LogP contribution is 2.26. The molecule has 1 aliphatic heterocycles. The van der Waals surface area contributed by atoms with Gasteiger partial charge in [-0.1, -0.05) is 42.5 Å². The summed E-state index contributed by atoms with van der Waals surface area (Å²) in [5, 5.41) is 2.80. The second-order valence-electron chi connectivity index (χ2n) is 5.92. The molecule has 1 saturated heterocycles. The standard InChI is InChI=1S/C18H24N2/c19-10-13-20-11-8-15(9-12-20)14-17-6-3-5-16-4-1-2-7-18(16)17/h1-7,15H,8-14,19H2. The van der Waals surface area contributed by atoms with Crippen molar-refractivity contribution in [1.82, 2.24) is 4.90 Å². The minimum atomic E-state index is 0.786. The zero-order valence-corrected chi connectivity index (χ0v) is 12.1. The molecule has 20 heavy (non-hydrogen) atoms. The van der Waals surface area contributed by atoms with Crippen LogP contribution in [0.25, 0.3) is 10.8 Å². The van der Waals surface area contributed by atoms with Gasteiger partial charge in [-0.3, -0.25) is 0 Å². The molecule has 2 aromatic carbocycles. The van der Waals surface area contributed by atoms with Gasteiger partial charge in [0.05, 0.1) is 0 Å². The van der Waals surface area contributed by atoms with Crippen LogP contribution in [0.15, 0.2) is 42.5 Å². The van der Waals surface area contributed by atoms with E-state index in [1.54, 1.807) is 0 Å². The van der Waals surface area contributed by atoms with E-state index in [1.807, 2.05) is 0 Å². The van der Waals surface area contributed by atoms with E-state index in [-0.39, 0.29) is 0 Å². The molecule has 1 heterocycles. The van der Waals surface area contributed by atoms with Crippen LogP contribution < -0.4 is 5.73 Å². The molecule has 0 saturated carbocycles. The van der Waals surface area contributed by atoms with Gasteiger partial charge in [-0.15, -0.1) is 0 Å². The third-order valence-electron chi connectivity index (χ3n) is 4.54. The molecule has 0 aromatic heterocycles. The molecule has 0 unspecified atom stereocenters. The van der Waals surface area contributed by atoms with Gasteiger partial charge in [-0.25, -0.2) is 0 Å². The summed E-state index contributed by atoms with van der Waals surface area (Å²) in [5.41, 5.74) is 7.15. The molecule has 0 spiro atoms. The van der Waals surface area contributed by atoms with Crippen molar-refractivity contribution in [3.63, 3.8) is 0 Å². The number of fused-ring (bicyclic) bond motifs is 1. The Hall–Kier alpha value is -1.38. The van der Waals surface area contributed by atoms with Crippen molar-refractivity contribution in [3.8, 4) is 0 Å². The molecule has 2 heteroatoms.